The minimum atomic E-state index is -0.981. The van der Waals surface area contributed by atoms with Gasteiger partial charge in [-0.1, -0.05) is 13.8 Å². The number of hydrogen-bond acceptors (Lipinski definition) is 6. The Morgan fingerprint density at radius 1 is 1.38 bits per heavy atom. The Labute approximate surface area is 119 Å². The Morgan fingerprint density at radius 2 is 2.10 bits per heavy atom. The summed E-state index contributed by atoms with van der Waals surface area (Å²) in [6, 6.07) is 3.26. The first-order valence-corrected chi connectivity index (χ1v) is 6.12. The van der Waals surface area contributed by atoms with Crippen LogP contribution in [0.1, 0.15) is 25.3 Å². The van der Waals surface area contributed by atoms with E-state index in [9.17, 15) is 14.5 Å². The first kappa shape index (κ1) is 14.6. The van der Waals surface area contributed by atoms with Gasteiger partial charge in [0.1, 0.15) is 17.9 Å². The highest BCUT2D eigenvalue weighted by Crippen LogP contribution is 2.32. The van der Waals surface area contributed by atoms with E-state index < -0.39 is 16.4 Å². The molecule has 2 aromatic rings. The number of nitro groups is 1. The van der Waals surface area contributed by atoms with Crippen molar-refractivity contribution >= 4 is 11.5 Å². The van der Waals surface area contributed by atoms with E-state index in [1.807, 2.05) is 13.8 Å². The Kier molecular flexibility index (Phi) is 3.97. The number of ether oxygens (including phenoxy) is 1. The molecule has 0 amide bonds. The van der Waals surface area contributed by atoms with Gasteiger partial charge in [0.25, 0.3) is 0 Å². The number of nitrogens with two attached hydrogens (primary N) is 1. The van der Waals surface area contributed by atoms with Gasteiger partial charge in [0.2, 0.25) is 11.7 Å². The molecule has 2 N–H and O–H groups in total. The van der Waals surface area contributed by atoms with Crippen molar-refractivity contribution in [2.24, 2.45) is 0 Å². The maximum Gasteiger partial charge on any atom is 0.305 e. The van der Waals surface area contributed by atoms with Crippen LogP contribution < -0.4 is 10.5 Å². The highest BCUT2D eigenvalue weighted by molar-refractivity contribution is 5.48. The number of benzene rings is 1. The quantitative estimate of drug-likeness (QED) is 0.686. The van der Waals surface area contributed by atoms with E-state index in [2.05, 4.69) is 9.97 Å². The largest absolute Gasteiger partial charge is 0.438 e. The lowest BCUT2D eigenvalue weighted by molar-refractivity contribution is -0.387. The van der Waals surface area contributed by atoms with Crippen LogP contribution in [0.3, 0.4) is 0 Å². The Balaban J connectivity index is 2.37. The number of aromatic nitrogens is 2. The highest BCUT2D eigenvalue weighted by Gasteiger charge is 2.18. The van der Waals surface area contributed by atoms with Crippen molar-refractivity contribution in [1.29, 1.82) is 0 Å². The fraction of sp³-hybridized carbons (Fsp3) is 0.231. The molecule has 0 atom stereocenters. The third kappa shape index (κ3) is 3.04. The maximum absolute atomic E-state index is 13.6. The summed E-state index contributed by atoms with van der Waals surface area (Å²) in [5, 5.41) is 10.6. The second kappa shape index (κ2) is 5.70. The second-order valence-corrected chi connectivity index (χ2v) is 4.60. The molecule has 1 heterocycles. The van der Waals surface area contributed by atoms with E-state index in [1.54, 1.807) is 0 Å². The summed E-state index contributed by atoms with van der Waals surface area (Å²) in [7, 11) is 0. The van der Waals surface area contributed by atoms with E-state index in [-0.39, 0.29) is 23.4 Å². The summed E-state index contributed by atoms with van der Waals surface area (Å²) >= 11 is 0. The van der Waals surface area contributed by atoms with Crippen molar-refractivity contribution in [1.82, 2.24) is 9.97 Å². The van der Waals surface area contributed by atoms with Crippen molar-refractivity contribution in [2.45, 2.75) is 19.8 Å². The Bertz CT molecular complexity index is 691. The highest BCUT2D eigenvalue weighted by atomic mass is 19.1. The molecule has 0 saturated heterocycles. The van der Waals surface area contributed by atoms with Gasteiger partial charge in [-0.25, -0.2) is 9.97 Å². The average molecular weight is 292 g/mol. The maximum atomic E-state index is 13.6. The molecule has 8 heteroatoms. The zero-order valence-corrected chi connectivity index (χ0v) is 11.4. The Hall–Kier alpha value is -2.77. The molecule has 0 spiro atoms. The molecule has 0 bridgehead atoms. The first-order chi connectivity index (χ1) is 9.90. The lowest BCUT2D eigenvalue weighted by atomic mass is 10.1. The van der Waals surface area contributed by atoms with Gasteiger partial charge in [-0.15, -0.1) is 0 Å². The minimum Gasteiger partial charge on any atom is -0.438 e. The molecule has 1 aromatic carbocycles. The molecular weight excluding hydrogens is 279 g/mol. The van der Waals surface area contributed by atoms with Crippen LogP contribution in [0.2, 0.25) is 0 Å². The number of nitrogens with zero attached hydrogens (tertiary/aromatic N) is 3. The average Bonchev–Trinajstić information content (AvgIpc) is 2.37. The molecule has 0 unspecified atom stereocenters. The van der Waals surface area contributed by atoms with E-state index in [0.29, 0.717) is 5.56 Å². The van der Waals surface area contributed by atoms with Gasteiger partial charge >= 0.3 is 5.69 Å². The van der Waals surface area contributed by atoms with Crippen molar-refractivity contribution in [3.8, 4) is 11.6 Å². The van der Waals surface area contributed by atoms with Crippen molar-refractivity contribution in [3.05, 3.63) is 46.0 Å². The zero-order valence-electron chi connectivity index (χ0n) is 11.4. The van der Waals surface area contributed by atoms with Crippen molar-refractivity contribution in [3.63, 3.8) is 0 Å². The molecule has 0 aliphatic carbocycles. The molecule has 1 aromatic heterocycles. The van der Waals surface area contributed by atoms with Gasteiger partial charge in [0.15, 0.2) is 0 Å². The van der Waals surface area contributed by atoms with Crippen molar-refractivity contribution in [2.75, 3.05) is 5.73 Å². The molecule has 21 heavy (non-hydrogen) atoms. The van der Waals surface area contributed by atoms with E-state index in [1.165, 1.54) is 12.4 Å². The summed E-state index contributed by atoms with van der Waals surface area (Å²) in [5.74, 6) is -0.407. The second-order valence-electron chi connectivity index (χ2n) is 4.60. The molecule has 0 fully saturated rings. The van der Waals surface area contributed by atoms with Gasteiger partial charge in [-0.2, -0.15) is 4.39 Å². The third-order valence-electron chi connectivity index (χ3n) is 2.79. The number of nitro benzene ring substituents is 1. The van der Waals surface area contributed by atoms with E-state index in [0.717, 1.165) is 12.1 Å². The third-order valence-corrected chi connectivity index (χ3v) is 2.79. The predicted molar refractivity (Wildman–Crippen MR) is 73.7 cm³/mol. The fourth-order valence-electron chi connectivity index (χ4n) is 1.83. The van der Waals surface area contributed by atoms with Crippen LogP contribution in [0.5, 0.6) is 11.6 Å². The van der Waals surface area contributed by atoms with Crippen LogP contribution in [0, 0.1) is 15.9 Å². The normalized spacial score (nSPS) is 10.7. The van der Waals surface area contributed by atoms with Gasteiger partial charge < -0.3 is 10.5 Å². The lowest BCUT2D eigenvalue weighted by Gasteiger charge is -2.13. The predicted octanol–water partition coefficient (Wildman–Crippen LogP) is 3.02. The van der Waals surface area contributed by atoms with Crippen LogP contribution in [-0.4, -0.2) is 14.9 Å². The minimum absolute atomic E-state index is 0.00379. The molecule has 0 saturated carbocycles. The monoisotopic (exact) mass is 292 g/mol. The number of halogens is 1. The summed E-state index contributed by atoms with van der Waals surface area (Å²) < 4.78 is 19.0. The van der Waals surface area contributed by atoms with Crippen LogP contribution in [-0.2, 0) is 0 Å². The molecule has 110 valence electrons. The first-order valence-electron chi connectivity index (χ1n) is 6.12. The number of rotatable bonds is 4. The van der Waals surface area contributed by atoms with Crippen LogP contribution in [0.15, 0.2) is 24.5 Å². The summed E-state index contributed by atoms with van der Waals surface area (Å²) in [6.07, 6.45) is 1.23. The standard InChI is InChI=1S/C13H13FN4O3/c1-7(2)11-12(15)16-6-17-13(11)21-8-3-4-10(18(19)20)9(14)5-8/h3-7H,1-2H3,(H2,15,16,17). The lowest BCUT2D eigenvalue weighted by Crippen LogP contribution is -2.04. The fourth-order valence-corrected chi connectivity index (χ4v) is 1.83. The van der Waals surface area contributed by atoms with Crippen molar-refractivity contribution < 1.29 is 14.1 Å². The SMILES string of the molecule is CC(C)c1c(N)ncnc1Oc1ccc([N+](=O)[O-])c(F)c1. The number of anilines is 1. The number of hydrogen-bond donors (Lipinski definition) is 1. The smallest absolute Gasteiger partial charge is 0.305 e. The zero-order chi connectivity index (χ0) is 15.6. The van der Waals surface area contributed by atoms with Gasteiger partial charge in [0.05, 0.1) is 10.5 Å². The summed E-state index contributed by atoms with van der Waals surface area (Å²) in [6.45, 7) is 3.77. The van der Waals surface area contributed by atoms with Gasteiger partial charge in [-0.05, 0) is 12.0 Å². The molecule has 7 nitrogen and oxygen atoms in total. The molecule has 2 rings (SSSR count). The van der Waals surface area contributed by atoms with Gasteiger partial charge in [0, 0.05) is 12.1 Å². The Morgan fingerprint density at radius 3 is 2.67 bits per heavy atom. The van der Waals surface area contributed by atoms with E-state index >= 15 is 0 Å². The van der Waals surface area contributed by atoms with Gasteiger partial charge in [-0.3, -0.25) is 10.1 Å². The summed E-state index contributed by atoms with van der Waals surface area (Å²) in [5.41, 5.74) is 5.75. The molecule has 0 radical (unpaired) electrons. The van der Waals surface area contributed by atoms with Crippen LogP contribution in [0.25, 0.3) is 0 Å². The number of nitrogen functional groups attached to an aromatic ring is 1. The summed E-state index contributed by atoms with van der Waals surface area (Å²) in [4.78, 5) is 17.6. The van der Waals surface area contributed by atoms with Crippen LogP contribution >= 0.6 is 0 Å². The molecule has 0 aliphatic heterocycles. The topological polar surface area (TPSA) is 104 Å². The molecule has 0 aliphatic rings. The van der Waals surface area contributed by atoms with Crippen LogP contribution in [0.4, 0.5) is 15.9 Å². The molecular formula is C13H13FN4O3. The van der Waals surface area contributed by atoms with E-state index in [4.69, 9.17) is 10.5 Å².